The Morgan fingerprint density at radius 1 is 1.21 bits per heavy atom. The summed E-state index contributed by atoms with van der Waals surface area (Å²) < 4.78 is 46.1. The lowest BCUT2D eigenvalue weighted by Gasteiger charge is -2.32. The highest BCUT2D eigenvalue weighted by atomic mass is 35.5. The summed E-state index contributed by atoms with van der Waals surface area (Å²) in [6, 6.07) is 7.10. The number of pyridine rings is 1. The van der Waals surface area contributed by atoms with Crippen LogP contribution in [-0.4, -0.2) is 36.0 Å². The average molecular weight is 478 g/mol. The summed E-state index contributed by atoms with van der Waals surface area (Å²) in [5, 5.41) is 9.63. The molecule has 4 rings (SSSR count). The van der Waals surface area contributed by atoms with Crippen LogP contribution in [0.5, 0.6) is 11.5 Å². The Kier molecular flexibility index (Phi) is 6.35. The Labute approximate surface area is 191 Å². The van der Waals surface area contributed by atoms with Crippen molar-refractivity contribution in [2.24, 2.45) is 0 Å². The van der Waals surface area contributed by atoms with Gasteiger partial charge in [-0.1, -0.05) is 11.6 Å². The van der Waals surface area contributed by atoms with Crippen molar-refractivity contribution >= 4 is 17.6 Å². The first-order chi connectivity index (χ1) is 15.8. The number of rotatable bonds is 7. The second-order valence-corrected chi connectivity index (χ2v) is 7.67. The van der Waals surface area contributed by atoms with E-state index in [0.717, 1.165) is 18.3 Å². The van der Waals surface area contributed by atoms with Gasteiger partial charge in [-0.05, 0) is 18.2 Å². The predicted octanol–water partition coefficient (Wildman–Crippen LogP) is 4.50. The standard InChI is InChI=1S/C23H18ClF2NO6/c1-31-5-2-6-32-21-10-20-14(8-16(21)24)18-9-19(28)15(23(29)30)11-27(18)22(33-20)13-4-3-12(25)7-17(13)26/h3-4,7-11,22H,2,5-6H2,1H3,(H,29,30). The van der Waals surface area contributed by atoms with Crippen LogP contribution in [-0.2, 0) is 4.74 Å². The van der Waals surface area contributed by atoms with Gasteiger partial charge in [-0.25, -0.2) is 13.6 Å². The minimum absolute atomic E-state index is 0.0548. The third kappa shape index (κ3) is 4.42. The van der Waals surface area contributed by atoms with Gasteiger partial charge in [-0.3, -0.25) is 4.79 Å². The van der Waals surface area contributed by atoms with Crippen LogP contribution in [0.2, 0.25) is 5.02 Å². The number of nitrogens with zero attached hydrogens (tertiary/aromatic N) is 1. The molecule has 7 nitrogen and oxygen atoms in total. The quantitative estimate of drug-likeness (QED) is 0.504. The molecule has 1 N–H and O–H groups in total. The first kappa shape index (κ1) is 22.8. The molecule has 0 fully saturated rings. The smallest absolute Gasteiger partial charge is 0.341 e. The first-order valence-corrected chi connectivity index (χ1v) is 10.2. The number of carboxylic acid groups (broad SMARTS) is 1. The molecule has 1 aliphatic heterocycles. The van der Waals surface area contributed by atoms with Gasteiger partial charge in [0.15, 0.2) is 5.43 Å². The van der Waals surface area contributed by atoms with Crippen molar-refractivity contribution in [3.05, 3.63) is 80.6 Å². The van der Waals surface area contributed by atoms with Crippen LogP contribution in [0.1, 0.15) is 28.6 Å². The third-order valence-electron chi connectivity index (χ3n) is 5.09. The average Bonchev–Trinajstić information content (AvgIpc) is 2.76. The maximum absolute atomic E-state index is 14.7. The monoisotopic (exact) mass is 477 g/mol. The van der Waals surface area contributed by atoms with Gasteiger partial charge < -0.3 is 23.9 Å². The Bertz CT molecular complexity index is 1290. The lowest BCUT2D eigenvalue weighted by molar-refractivity contribution is 0.0693. The Morgan fingerprint density at radius 3 is 2.70 bits per heavy atom. The van der Waals surface area contributed by atoms with E-state index in [9.17, 15) is 23.5 Å². The fraction of sp³-hybridized carbons (Fsp3) is 0.217. The molecule has 33 heavy (non-hydrogen) atoms. The summed E-state index contributed by atoms with van der Waals surface area (Å²) in [7, 11) is 1.57. The van der Waals surface area contributed by atoms with E-state index in [-0.39, 0.29) is 22.0 Å². The van der Waals surface area contributed by atoms with E-state index in [1.165, 1.54) is 22.8 Å². The number of hydrogen-bond acceptors (Lipinski definition) is 5. The molecule has 2 aromatic carbocycles. The SMILES string of the molecule is COCCCOc1cc2c(cc1Cl)-c1cc(=O)c(C(=O)O)cn1C(c1ccc(F)cc1F)O2. The number of carboxylic acids is 1. The summed E-state index contributed by atoms with van der Waals surface area (Å²) in [5.74, 6) is -2.58. The van der Waals surface area contributed by atoms with Crippen LogP contribution in [0.25, 0.3) is 11.3 Å². The summed E-state index contributed by atoms with van der Waals surface area (Å²) in [6.45, 7) is 0.813. The Hall–Kier alpha value is -3.43. The van der Waals surface area contributed by atoms with Crippen molar-refractivity contribution in [3.8, 4) is 22.8 Å². The molecule has 0 aliphatic carbocycles. The van der Waals surface area contributed by atoms with E-state index in [4.69, 9.17) is 25.8 Å². The molecular weight excluding hydrogens is 460 g/mol. The molecule has 1 atom stereocenters. The maximum atomic E-state index is 14.7. The summed E-state index contributed by atoms with van der Waals surface area (Å²) >= 11 is 6.36. The van der Waals surface area contributed by atoms with E-state index in [2.05, 4.69) is 0 Å². The molecule has 1 aliphatic rings. The van der Waals surface area contributed by atoms with E-state index in [1.807, 2.05) is 0 Å². The van der Waals surface area contributed by atoms with E-state index in [1.54, 1.807) is 7.11 Å². The van der Waals surface area contributed by atoms with Gasteiger partial charge in [0.1, 0.15) is 28.7 Å². The maximum Gasteiger partial charge on any atom is 0.341 e. The van der Waals surface area contributed by atoms with Crippen LogP contribution in [0, 0.1) is 11.6 Å². The molecule has 2 heterocycles. The van der Waals surface area contributed by atoms with Crippen molar-refractivity contribution in [3.63, 3.8) is 0 Å². The zero-order valence-corrected chi connectivity index (χ0v) is 18.1. The fourth-order valence-electron chi connectivity index (χ4n) is 3.54. The molecule has 0 spiro atoms. The highest BCUT2D eigenvalue weighted by Crippen LogP contribution is 2.45. The normalized spacial score (nSPS) is 14.2. The van der Waals surface area contributed by atoms with E-state index < -0.39 is 34.8 Å². The summed E-state index contributed by atoms with van der Waals surface area (Å²) in [6.07, 6.45) is 0.471. The van der Waals surface area contributed by atoms with Gasteiger partial charge in [0.05, 0.1) is 17.3 Å². The molecule has 3 aromatic rings. The molecule has 0 amide bonds. The van der Waals surface area contributed by atoms with Crippen LogP contribution in [0.4, 0.5) is 8.78 Å². The highest BCUT2D eigenvalue weighted by molar-refractivity contribution is 6.32. The Balaban J connectivity index is 1.86. The van der Waals surface area contributed by atoms with Crippen molar-refractivity contribution in [1.29, 1.82) is 0 Å². The number of halogens is 3. The number of benzene rings is 2. The molecular formula is C23H18ClF2NO6. The second kappa shape index (κ2) is 9.21. The molecule has 0 radical (unpaired) electrons. The van der Waals surface area contributed by atoms with Crippen LogP contribution in [0.15, 0.2) is 47.4 Å². The molecule has 1 unspecified atom stereocenters. The molecule has 0 bridgehead atoms. The van der Waals surface area contributed by atoms with E-state index in [0.29, 0.717) is 37.0 Å². The minimum atomic E-state index is -1.45. The highest BCUT2D eigenvalue weighted by Gasteiger charge is 2.31. The van der Waals surface area contributed by atoms with Crippen LogP contribution in [0.3, 0.4) is 0 Å². The van der Waals surface area contributed by atoms with Gasteiger partial charge in [0.25, 0.3) is 0 Å². The van der Waals surface area contributed by atoms with Gasteiger partial charge in [-0.15, -0.1) is 0 Å². The van der Waals surface area contributed by atoms with Crippen molar-refractivity contribution in [2.75, 3.05) is 20.3 Å². The number of fused-ring (bicyclic) bond motifs is 3. The number of aromatic carboxylic acids is 1. The van der Waals surface area contributed by atoms with Crippen LogP contribution < -0.4 is 14.9 Å². The minimum Gasteiger partial charge on any atom is -0.492 e. The fourth-order valence-corrected chi connectivity index (χ4v) is 3.76. The molecule has 0 saturated heterocycles. The van der Waals surface area contributed by atoms with Gasteiger partial charge >= 0.3 is 5.97 Å². The lowest BCUT2D eigenvalue weighted by atomic mass is 10.0. The number of methoxy groups -OCH3 is 1. The molecule has 0 saturated carbocycles. The molecule has 172 valence electrons. The number of aromatic nitrogens is 1. The van der Waals surface area contributed by atoms with Gasteiger partial charge in [0, 0.05) is 55.7 Å². The zero-order valence-electron chi connectivity index (χ0n) is 17.3. The number of ether oxygens (including phenoxy) is 3. The zero-order chi connectivity index (χ0) is 23.7. The number of carbonyl (C=O) groups is 1. The number of hydrogen-bond donors (Lipinski definition) is 1. The summed E-state index contributed by atoms with van der Waals surface area (Å²) in [4.78, 5) is 24.0. The van der Waals surface area contributed by atoms with Crippen molar-refractivity contribution in [2.45, 2.75) is 12.6 Å². The predicted molar refractivity (Wildman–Crippen MR) is 115 cm³/mol. The van der Waals surface area contributed by atoms with Gasteiger partial charge in [-0.2, -0.15) is 0 Å². The van der Waals surface area contributed by atoms with Gasteiger partial charge in [0.2, 0.25) is 6.23 Å². The lowest BCUT2D eigenvalue weighted by Crippen LogP contribution is -2.28. The summed E-state index contributed by atoms with van der Waals surface area (Å²) in [5.41, 5.74) is -0.677. The van der Waals surface area contributed by atoms with Crippen LogP contribution >= 0.6 is 11.6 Å². The second-order valence-electron chi connectivity index (χ2n) is 7.26. The molecule has 1 aromatic heterocycles. The van der Waals surface area contributed by atoms with Crippen molar-refractivity contribution < 1.29 is 32.9 Å². The third-order valence-corrected chi connectivity index (χ3v) is 5.39. The molecule has 10 heteroatoms. The largest absolute Gasteiger partial charge is 0.492 e. The topological polar surface area (TPSA) is 87.0 Å². The van der Waals surface area contributed by atoms with E-state index >= 15 is 0 Å². The van der Waals surface area contributed by atoms with Crippen molar-refractivity contribution in [1.82, 2.24) is 4.57 Å². The first-order valence-electron chi connectivity index (χ1n) is 9.87. The Morgan fingerprint density at radius 2 is 2.00 bits per heavy atom.